The van der Waals surface area contributed by atoms with Crippen LogP contribution < -0.4 is 14.7 Å². The summed E-state index contributed by atoms with van der Waals surface area (Å²) in [7, 11) is 5.41. The standard InChI is InChI=1S/C20H20ClN5O2/c1-24(2)19-17(5-4-8-23-19)25(3)20(28)14-9-18(27)26(12-14)15-7-6-13(11-22)16(21)10-15/h4-8,10,14H,9,12H2,1-3H3. The molecule has 1 saturated heterocycles. The third-order valence-corrected chi connectivity index (χ3v) is 5.05. The maximum Gasteiger partial charge on any atom is 0.232 e. The van der Waals surface area contributed by atoms with Gasteiger partial charge in [0.05, 0.1) is 22.2 Å². The van der Waals surface area contributed by atoms with Crippen LogP contribution in [0.25, 0.3) is 0 Å². The second-order valence-electron chi connectivity index (χ2n) is 6.82. The summed E-state index contributed by atoms with van der Waals surface area (Å²) in [6, 6.07) is 10.4. The number of rotatable bonds is 4. The van der Waals surface area contributed by atoms with E-state index in [0.29, 0.717) is 22.8 Å². The highest BCUT2D eigenvalue weighted by atomic mass is 35.5. The van der Waals surface area contributed by atoms with Crippen molar-refractivity contribution in [2.24, 2.45) is 5.92 Å². The van der Waals surface area contributed by atoms with Gasteiger partial charge in [-0.3, -0.25) is 9.59 Å². The van der Waals surface area contributed by atoms with Crippen LogP contribution in [-0.4, -0.2) is 44.5 Å². The van der Waals surface area contributed by atoms with E-state index in [0.717, 1.165) is 0 Å². The molecule has 1 atom stereocenters. The van der Waals surface area contributed by atoms with Crippen LogP contribution in [0.5, 0.6) is 0 Å². The van der Waals surface area contributed by atoms with Crippen molar-refractivity contribution in [3.63, 3.8) is 0 Å². The minimum atomic E-state index is -0.470. The lowest BCUT2D eigenvalue weighted by Gasteiger charge is -2.25. The number of nitrogens with zero attached hydrogens (tertiary/aromatic N) is 5. The lowest BCUT2D eigenvalue weighted by Crippen LogP contribution is -2.35. The van der Waals surface area contributed by atoms with Crippen molar-refractivity contribution in [3.05, 3.63) is 47.1 Å². The van der Waals surface area contributed by atoms with Crippen molar-refractivity contribution < 1.29 is 9.59 Å². The zero-order valence-electron chi connectivity index (χ0n) is 15.9. The number of pyridine rings is 1. The van der Waals surface area contributed by atoms with Gasteiger partial charge in [-0.25, -0.2) is 4.98 Å². The first-order chi connectivity index (χ1) is 13.3. The molecule has 0 radical (unpaired) electrons. The zero-order chi connectivity index (χ0) is 20.4. The molecule has 1 aliphatic rings. The molecular formula is C20H20ClN5O2. The third kappa shape index (κ3) is 3.64. The number of amides is 2. The summed E-state index contributed by atoms with van der Waals surface area (Å²) in [5, 5.41) is 9.28. The molecule has 0 saturated carbocycles. The van der Waals surface area contributed by atoms with Gasteiger partial charge in [0.25, 0.3) is 0 Å². The van der Waals surface area contributed by atoms with Crippen LogP contribution in [0.4, 0.5) is 17.2 Å². The number of anilines is 3. The van der Waals surface area contributed by atoms with Crippen LogP contribution in [0.3, 0.4) is 0 Å². The molecule has 1 aromatic carbocycles. The fourth-order valence-corrected chi connectivity index (χ4v) is 3.49. The number of aromatic nitrogens is 1. The second-order valence-corrected chi connectivity index (χ2v) is 7.23. The van der Waals surface area contributed by atoms with Gasteiger partial charge in [-0.2, -0.15) is 5.26 Å². The zero-order valence-corrected chi connectivity index (χ0v) is 16.6. The Balaban J connectivity index is 1.81. The lowest BCUT2D eigenvalue weighted by atomic mass is 10.1. The maximum absolute atomic E-state index is 13.0. The van der Waals surface area contributed by atoms with Crippen molar-refractivity contribution in [1.29, 1.82) is 5.26 Å². The topological polar surface area (TPSA) is 80.5 Å². The summed E-state index contributed by atoms with van der Waals surface area (Å²) in [5.74, 6) is -0.0845. The van der Waals surface area contributed by atoms with Crippen molar-refractivity contribution >= 4 is 40.6 Å². The molecule has 1 unspecified atom stereocenters. The van der Waals surface area contributed by atoms with Gasteiger partial charge < -0.3 is 14.7 Å². The Morgan fingerprint density at radius 2 is 2.07 bits per heavy atom. The molecule has 0 aliphatic carbocycles. The fraction of sp³-hybridized carbons (Fsp3) is 0.300. The summed E-state index contributed by atoms with van der Waals surface area (Å²) in [4.78, 5) is 34.8. The first-order valence-corrected chi connectivity index (χ1v) is 9.11. The van der Waals surface area contributed by atoms with Crippen LogP contribution in [0.2, 0.25) is 5.02 Å². The second kappa shape index (κ2) is 7.87. The van der Waals surface area contributed by atoms with E-state index in [1.807, 2.05) is 31.1 Å². The van der Waals surface area contributed by atoms with Crippen molar-refractivity contribution in [2.45, 2.75) is 6.42 Å². The highest BCUT2D eigenvalue weighted by molar-refractivity contribution is 6.32. The van der Waals surface area contributed by atoms with Crippen molar-refractivity contribution in [2.75, 3.05) is 42.4 Å². The van der Waals surface area contributed by atoms with E-state index in [4.69, 9.17) is 16.9 Å². The minimum Gasteiger partial charge on any atom is -0.361 e. The average molecular weight is 398 g/mol. The SMILES string of the molecule is CN(C)c1ncccc1N(C)C(=O)C1CC(=O)N(c2ccc(C#N)c(Cl)c2)C1. The van der Waals surface area contributed by atoms with E-state index in [2.05, 4.69) is 4.98 Å². The molecule has 1 aromatic heterocycles. The molecule has 2 aromatic rings. The summed E-state index contributed by atoms with van der Waals surface area (Å²) >= 11 is 6.08. The number of hydrogen-bond donors (Lipinski definition) is 0. The van der Waals surface area contributed by atoms with Crippen LogP contribution in [-0.2, 0) is 9.59 Å². The highest BCUT2D eigenvalue weighted by Crippen LogP contribution is 2.31. The normalized spacial score (nSPS) is 16.0. The van der Waals surface area contributed by atoms with Gasteiger partial charge >= 0.3 is 0 Å². The van der Waals surface area contributed by atoms with Crippen LogP contribution in [0.15, 0.2) is 36.5 Å². The van der Waals surface area contributed by atoms with E-state index < -0.39 is 5.92 Å². The number of carbonyl (C=O) groups is 2. The van der Waals surface area contributed by atoms with E-state index in [1.165, 1.54) is 0 Å². The number of nitriles is 1. The third-order valence-electron chi connectivity index (χ3n) is 4.74. The Bertz CT molecular complexity index is 969. The molecule has 1 fully saturated rings. The summed E-state index contributed by atoms with van der Waals surface area (Å²) in [5.41, 5.74) is 1.62. The Hall–Kier alpha value is -3.11. The first kappa shape index (κ1) is 19.6. The molecule has 7 nitrogen and oxygen atoms in total. The lowest BCUT2D eigenvalue weighted by molar-refractivity contribution is -0.124. The molecule has 2 amide bonds. The average Bonchev–Trinajstić information content (AvgIpc) is 3.08. The molecule has 28 heavy (non-hydrogen) atoms. The van der Waals surface area contributed by atoms with E-state index >= 15 is 0 Å². The Labute approximate surface area is 168 Å². The van der Waals surface area contributed by atoms with Gasteiger partial charge in [-0.05, 0) is 30.3 Å². The van der Waals surface area contributed by atoms with Gasteiger partial charge in [-0.15, -0.1) is 0 Å². The van der Waals surface area contributed by atoms with Crippen LogP contribution in [0, 0.1) is 17.2 Å². The van der Waals surface area contributed by atoms with Crippen LogP contribution in [0.1, 0.15) is 12.0 Å². The molecular weight excluding hydrogens is 378 g/mol. The molecule has 0 bridgehead atoms. The largest absolute Gasteiger partial charge is 0.361 e. The number of halogens is 1. The molecule has 1 aliphatic heterocycles. The van der Waals surface area contributed by atoms with Gasteiger partial charge in [0.2, 0.25) is 11.8 Å². The fourth-order valence-electron chi connectivity index (χ4n) is 3.27. The van der Waals surface area contributed by atoms with Gasteiger partial charge in [0.1, 0.15) is 6.07 Å². The van der Waals surface area contributed by atoms with E-state index in [1.54, 1.807) is 47.3 Å². The Morgan fingerprint density at radius 1 is 1.32 bits per heavy atom. The predicted molar refractivity (Wildman–Crippen MR) is 109 cm³/mol. The summed E-state index contributed by atoms with van der Waals surface area (Å²) in [6.45, 7) is 0.266. The quantitative estimate of drug-likeness (QED) is 0.792. The van der Waals surface area contributed by atoms with E-state index in [9.17, 15) is 9.59 Å². The molecule has 8 heteroatoms. The minimum absolute atomic E-state index is 0.123. The van der Waals surface area contributed by atoms with Crippen molar-refractivity contribution in [1.82, 2.24) is 4.98 Å². The number of benzene rings is 1. The molecule has 2 heterocycles. The number of hydrogen-bond acceptors (Lipinski definition) is 5. The number of carbonyl (C=O) groups excluding carboxylic acids is 2. The summed E-state index contributed by atoms with van der Waals surface area (Å²) in [6.07, 6.45) is 1.80. The van der Waals surface area contributed by atoms with Gasteiger partial charge in [0.15, 0.2) is 5.82 Å². The predicted octanol–water partition coefficient (Wildman–Crippen LogP) is 2.69. The Kier molecular flexibility index (Phi) is 5.52. The molecule has 0 N–H and O–H groups in total. The van der Waals surface area contributed by atoms with Gasteiger partial charge in [0, 0.05) is 46.0 Å². The Morgan fingerprint density at radius 3 is 2.71 bits per heavy atom. The van der Waals surface area contributed by atoms with Gasteiger partial charge in [-0.1, -0.05) is 11.6 Å². The molecule has 3 rings (SSSR count). The molecule has 0 spiro atoms. The smallest absolute Gasteiger partial charge is 0.232 e. The highest BCUT2D eigenvalue weighted by Gasteiger charge is 2.37. The monoisotopic (exact) mass is 397 g/mol. The van der Waals surface area contributed by atoms with Crippen LogP contribution >= 0.6 is 11.6 Å². The van der Waals surface area contributed by atoms with E-state index in [-0.39, 0.29) is 29.8 Å². The summed E-state index contributed by atoms with van der Waals surface area (Å²) < 4.78 is 0. The molecule has 144 valence electrons. The maximum atomic E-state index is 13.0. The first-order valence-electron chi connectivity index (χ1n) is 8.73. The van der Waals surface area contributed by atoms with Crippen molar-refractivity contribution in [3.8, 4) is 6.07 Å².